The van der Waals surface area contributed by atoms with Crippen molar-refractivity contribution in [3.63, 3.8) is 0 Å². The van der Waals surface area contributed by atoms with E-state index in [1.54, 1.807) is 11.3 Å². The normalized spacial score (nSPS) is 12.2. The van der Waals surface area contributed by atoms with Crippen molar-refractivity contribution in [2.75, 3.05) is 12.4 Å². The van der Waals surface area contributed by atoms with Crippen molar-refractivity contribution in [2.24, 2.45) is 5.92 Å². The molecule has 0 spiro atoms. The van der Waals surface area contributed by atoms with Crippen LogP contribution in [0.3, 0.4) is 0 Å². The Morgan fingerprint density at radius 3 is 2.52 bits per heavy atom. The van der Waals surface area contributed by atoms with Gasteiger partial charge in [0.05, 0.1) is 6.04 Å². The zero-order chi connectivity index (χ0) is 15.4. The molecule has 112 valence electrons. The topological polar surface area (TPSA) is 41.1 Å². The van der Waals surface area contributed by atoms with Gasteiger partial charge in [-0.15, -0.1) is 11.3 Å². The van der Waals surface area contributed by atoms with E-state index in [1.165, 1.54) is 4.88 Å². The smallest absolute Gasteiger partial charge is 0.251 e. The molecule has 0 aliphatic heterocycles. The van der Waals surface area contributed by atoms with Crippen LogP contribution in [-0.4, -0.2) is 13.0 Å². The summed E-state index contributed by atoms with van der Waals surface area (Å²) in [5.74, 6) is 0.332. The van der Waals surface area contributed by atoms with Crippen LogP contribution in [0.15, 0.2) is 35.7 Å². The molecule has 1 amide bonds. The Bertz CT molecular complexity index is 605. The van der Waals surface area contributed by atoms with Crippen LogP contribution in [0.5, 0.6) is 0 Å². The summed E-state index contributed by atoms with van der Waals surface area (Å²) in [6.07, 6.45) is 0. The number of nitrogens with one attached hydrogen (secondary N) is 2. The lowest BCUT2D eigenvalue weighted by molar-refractivity contribution is 0.0926. The Morgan fingerprint density at radius 1 is 1.24 bits per heavy atom. The predicted octanol–water partition coefficient (Wildman–Crippen LogP) is 4.23. The third kappa shape index (κ3) is 3.64. The third-order valence-electron chi connectivity index (χ3n) is 3.56. The second-order valence-corrected chi connectivity index (χ2v) is 6.47. The zero-order valence-corrected chi connectivity index (χ0v) is 13.8. The molecule has 0 bridgehead atoms. The number of rotatable bonds is 5. The molecule has 0 fully saturated rings. The van der Waals surface area contributed by atoms with Gasteiger partial charge in [0.25, 0.3) is 5.91 Å². The lowest BCUT2D eigenvalue weighted by Gasteiger charge is -2.21. The maximum absolute atomic E-state index is 12.5. The van der Waals surface area contributed by atoms with E-state index in [0.29, 0.717) is 11.5 Å². The van der Waals surface area contributed by atoms with Gasteiger partial charge >= 0.3 is 0 Å². The molecule has 21 heavy (non-hydrogen) atoms. The first-order valence-electron chi connectivity index (χ1n) is 7.15. The number of aryl methyl sites for hydroxylation is 1. The first kappa shape index (κ1) is 15.6. The monoisotopic (exact) mass is 302 g/mol. The minimum Gasteiger partial charge on any atom is -0.388 e. The highest BCUT2D eigenvalue weighted by atomic mass is 32.1. The van der Waals surface area contributed by atoms with Crippen LogP contribution in [-0.2, 0) is 0 Å². The maximum atomic E-state index is 12.5. The summed E-state index contributed by atoms with van der Waals surface area (Å²) in [6.45, 7) is 6.25. The Morgan fingerprint density at radius 2 is 2.00 bits per heavy atom. The number of carbonyl (C=O) groups is 1. The average Bonchev–Trinajstić information content (AvgIpc) is 2.97. The van der Waals surface area contributed by atoms with E-state index in [4.69, 9.17) is 0 Å². The SMILES string of the molecule is CNc1ccc(C(=O)NC(c2cccs2)C(C)C)cc1C. The maximum Gasteiger partial charge on any atom is 0.251 e. The lowest BCUT2D eigenvalue weighted by Crippen LogP contribution is -2.31. The van der Waals surface area contributed by atoms with E-state index in [1.807, 2.05) is 43.6 Å². The minimum atomic E-state index is -0.0205. The number of anilines is 1. The van der Waals surface area contributed by atoms with Crippen molar-refractivity contribution in [2.45, 2.75) is 26.8 Å². The fourth-order valence-corrected chi connectivity index (χ4v) is 3.29. The summed E-state index contributed by atoms with van der Waals surface area (Å²) in [5.41, 5.74) is 2.82. The molecule has 0 aliphatic rings. The highest BCUT2D eigenvalue weighted by Crippen LogP contribution is 2.26. The molecule has 0 saturated carbocycles. The molecule has 1 unspecified atom stereocenters. The summed E-state index contributed by atoms with van der Waals surface area (Å²) in [6, 6.07) is 9.88. The lowest BCUT2D eigenvalue weighted by atomic mass is 10.0. The van der Waals surface area contributed by atoms with Crippen molar-refractivity contribution in [3.8, 4) is 0 Å². The Hall–Kier alpha value is -1.81. The van der Waals surface area contributed by atoms with Crippen LogP contribution >= 0.6 is 11.3 Å². The van der Waals surface area contributed by atoms with Gasteiger partial charge in [-0.2, -0.15) is 0 Å². The van der Waals surface area contributed by atoms with Crippen molar-refractivity contribution >= 4 is 22.9 Å². The van der Waals surface area contributed by atoms with Gasteiger partial charge in [-0.1, -0.05) is 19.9 Å². The molecule has 0 aliphatic carbocycles. The van der Waals surface area contributed by atoms with Crippen LogP contribution in [0, 0.1) is 12.8 Å². The van der Waals surface area contributed by atoms with Crippen LogP contribution in [0.2, 0.25) is 0 Å². The average molecular weight is 302 g/mol. The number of thiophene rings is 1. The van der Waals surface area contributed by atoms with E-state index in [-0.39, 0.29) is 11.9 Å². The van der Waals surface area contributed by atoms with Gasteiger partial charge in [-0.05, 0) is 48.1 Å². The molecule has 1 heterocycles. The largest absolute Gasteiger partial charge is 0.388 e. The molecule has 1 aromatic heterocycles. The summed E-state index contributed by atoms with van der Waals surface area (Å²) in [5, 5.41) is 8.31. The first-order chi connectivity index (χ1) is 10.0. The number of amides is 1. The van der Waals surface area contributed by atoms with Gasteiger partial charge in [-0.3, -0.25) is 4.79 Å². The van der Waals surface area contributed by atoms with E-state index < -0.39 is 0 Å². The zero-order valence-electron chi connectivity index (χ0n) is 12.9. The van der Waals surface area contributed by atoms with Crippen molar-refractivity contribution in [1.82, 2.24) is 5.32 Å². The van der Waals surface area contributed by atoms with E-state index in [2.05, 4.69) is 30.5 Å². The Kier molecular flexibility index (Phi) is 5.02. The van der Waals surface area contributed by atoms with Crippen molar-refractivity contribution in [1.29, 1.82) is 0 Å². The number of hydrogen-bond donors (Lipinski definition) is 2. The minimum absolute atomic E-state index is 0.0205. The van der Waals surface area contributed by atoms with Crippen LogP contribution < -0.4 is 10.6 Å². The third-order valence-corrected chi connectivity index (χ3v) is 4.52. The fourth-order valence-electron chi connectivity index (χ4n) is 2.34. The molecule has 2 rings (SSSR count). The molecular weight excluding hydrogens is 280 g/mol. The summed E-state index contributed by atoms with van der Waals surface area (Å²) in [4.78, 5) is 13.7. The summed E-state index contributed by atoms with van der Waals surface area (Å²) >= 11 is 1.68. The predicted molar refractivity (Wildman–Crippen MR) is 90.1 cm³/mol. The fraction of sp³-hybridized carbons (Fsp3) is 0.353. The molecule has 2 N–H and O–H groups in total. The van der Waals surface area contributed by atoms with Gasteiger partial charge in [0.1, 0.15) is 0 Å². The van der Waals surface area contributed by atoms with E-state index >= 15 is 0 Å². The molecule has 0 radical (unpaired) electrons. The summed E-state index contributed by atoms with van der Waals surface area (Å²) < 4.78 is 0. The molecular formula is C17H22N2OS. The molecule has 4 heteroatoms. The molecule has 3 nitrogen and oxygen atoms in total. The van der Waals surface area contributed by atoms with Gasteiger partial charge in [-0.25, -0.2) is 0 Å². The van der Waals surface area contributed by atoms with Gasteiger partial charge < -0.3 is 10.6 Å². The number of hydrogen-bond acceptors (Lipinski definition) is 3. The molecule has 0 saturated heterocycles. The Labute approximate surface area is 130 Å². The summed E-state index contributed by atoms with van der Waals surface area (Å²) in [7, 11) is 1.88. The molecule has 1 atom stereocenters. The molecule has 1 aromatic carbocycles. The van der Waals surface area contributed by atoms with Crippen LogP contribution in [0.25, 0.3) is 0 Å². The molecule has 2 aromatic rings. The number of carbonyl (C=O) groups excluding carboxylic acids is 1. The van der Waals surface area contributed by atoms with Crippen LogP contribution in [0.4, 0.5) is 5.69 Å². The van der Waals surface area contributed by atoms with Crippen molar-refractivity contribution < 1.29 is 4.79 Å². The van der Waals surface area contributed by atoms with Crippen molar-refractivity contribution in [3.05, 3.63) is 51.7 Å². The highest BCUT2D eigenvalue weighted by molar-refractivity contribution is 7.10. The second kappa shape index (κ2) is 6.76. The van der Waals surface area contributed by atoms with Gasteiger partial charge in [0.15, 0.2) is 0 Å². The second-order valence-electron chi connectivity index (χ2n) is 5.49. The van der Waals surface area contributed by atoms with E-state index in [0.717, 1.165) is 11.3 Å². The Balaban J connectivity index is 2.18. The highest BCUT2D eigenvalue weighted by Gasteiger charge is 2.20. The first-order valence-corrected chi connectivity index (χ1v) is 8.03. The van der Waals surface area contributed by atoms with Gasteiger partial charge in [0, 0.05) is 23.2 Å². The quantitative estimate of drug-likeness (QED) is 0.868. The van der Waals surface area contributed by atoms with Crippen LogP contribution in [0.1, 0.15) is 40.7 Å². The number of benzene rings is 1. The standard InChI is InChI=1S/C17H22N2OS/c1-11(2)16(15-6-5-9-21-15)19-17(20)13-7-8-14(18-4)12(3)10-13/h5-11,16,18H,1-4H3,(H,19,20). The van der Waals surface area contributed by atoms with E-state index in [9.17, 15) is 4.79 Å². The van der Waals surface area contributed by atoms with Gasteiger partial charge in [0.2, 0.25) is 0 Å².